The molecule has 1 N–H and O–H groups in total. The van der Waals surface area contributed by atoms with Crippen LogP contribution in [0.4, 0.5) is 0 Å². The smallest absolute Gasteiger partial charge is 0.247 e. The van der Waals surface area contributed by atoms with Crippen LogP contribution in [0.25, 0.3) is 0 Å². The first-order valence-electron chi connectivity index (χ1n) is 7.99. The zero-order valence-corrected chi connectivity index (χ0v) is 14.2. The van der Waals surface area contributed by atoms with Gasteiger partial charge < -0.3 is 10.2 Å². The number of likely N-dealkylation sites (N-methyl/N-ethyl adjacent to an activating group) is 1. The lowest BCUT2D eigenvalue weighted by molar-refractivity contribution is -0.141. The molecule has 1 aliphatic heterocycles. The van der Waals surface area contributed by atoms with Crippen molar-refractivity contribution in [3.8, 4) is 0 Å². The molecule has 2 aromatic carbocycles. The minimum atomic E-state index is -0.570. The maximum atomic E-state index is 12.8. The van der Waals surface area contributed by atoms with Gasteiger partial charge in [0, 0.05) is 18.1 Å². The summed E-state index contributed by atoms with van der Waals surface area (Å²) >= 11 is 5.87. The van der Waals surface area contributed by atoms with Gasteiger partial charge in [0.2, 0.25) is 11.8 Å². The number of hydrogen-bond acceptors (Lipinski definition) is 2. The molecule has 2 aromatic rings. The first-order chi connectivity index (χ1) is 11.6. The fraction of sp³-hybridized carbons (Fsp3) is 0.263. The number of nitrogens with zero attached hydrogens (tertiary/aromatic N) is 1. The van der Waals surface area contributed by atoms with Crippen molar-refractivity contribution in [2.75, 3.05) is 6.54 Å². The van der Waals surface area contributed by atoms with E-state index in [0.29, 0.717) is 24.5 Å². The molecular formula is C19H19ClN2O2. The summed E-state index contributed by atoms with van der Waals surface area (Å²) in [7, 11) is 0. The van der Waals surface area contributed by atoms with E-state index in [2.05, 4.69) is 5.32 Å². The van der Waals surface area contributed by atoms with E-state index in [1.54, 1.807) is 17.0 Å². The van der Waals surface area contributed by atoms with Crippen LogP contribution in [-0.2, 0) is 22.6 Å². The standard InChI is InChI=1S/C19H19ClN2O2/c1-2-22-17(23)11-14-5-3-4-6-16(14)18(22)19(24)21-12-13-7-9-15(20)10-8-13/h3-10,18H,2,11-12H2,1H3,(H,21,24)/t18-/m1/s1. The van der Waals surface area contributed by atoms with E-state index in [1.165, 1.54) is 0 Å². The lowest BCUT2D eigenvalue weighted by atomic mass is 9.91. The van der Waals surface area contributed by atoms with Crippen LogP contribution < -0.4 is 5.32 Å². The minimum Gasteiger partial charge on any atom is -0.350 e. The normalized spacial score (nSPS) is 16.7. The van der Waals surface area contributed by atoms with Gasteiger partial charge in [0.15, 0.2) is 0 Å². The average Bonchev–Trinajstić information content (AvgIpc) is 2.59. The fourth-order valence-corrected chi connectivity index (χ4v) is 3.19. The molecule has 0 saturated carbocycles. The molecule has 5 heteroatoms. The van der Waals surface area contributed by atoms with E-state index >= 15 is 0 Å². The molecule has 2 amide bonds. The Morgan fingerprint density at radius 3 is 2.62 bits per heavy atom. The largest absolute Gasteiger partial charge is 0.350 e. The highest BCUT2D eigenvalue weighted by molar-refractivity contribution is 6.30. The predicted octanol–water partition coefficient (Wildman–Crippen LogP) is 3.10. The first kappa shape index (κ1) is 16.5. The van der Waals surface area contributed by atoms with Gasteiger partial charge in [-0.3, -0.25) is 9.59 Å². The number of halogens is 1. The molecule has 124 valence electrons. The number of amides is 2. The fourth-order valence-electron chi connectivity index (χ4n) is 3.07. The number of hydrogen-bond donors (Lipinski definition) is 1. The van der Waals surface area contributed by atoms with Crippen LogP contribution in [-0.4, -0.2) is 23.3 Å². The van der Waals surface area contributed by atoms with Crippen molar-refractivity contribution in [2.45, 2.75) is 25.9 Å². The second-order valence-electron chi connectivity index (χ2n) is 5.80. The molecule has 1 aliphatic rings. The predicted molar refractivity (Wildman–Crippen MR) is 93.6 cm³/mol. The molecule has 0 bridgehead atoms. The Balaban J connectivity index is 1.81. The Bertz CT molecular complexity index is 758. The van der Waals surface area contributed by atoms with E-state index in [0.717, 1.165) is 16.7 Å². The van der Waals surface area contributed by atoms with Gasteiger partial charge in [0.05, 0.1) is 6.42 Å². The monoisotopic (exact) mass is 342 g/mol. The summed E-state index contributed by atoms with van der Waals surface area (Å²) in [6.45, 7) is 2.80. The summed E-state index contributed by atoms with van der Waals surface area (Å²) in [4.78, 5) is 26.8. The molecule has 0 unspecified atom stereocenters. The third-order valence-corrected chi connectivity index (χ3v) is 4.54. The third-order valence-electron chi connectivity index (χ3n) is 4.29. The van der Waals surface area contributed by atoms with E-state index in [-0.39, 0.29) is 11.8 Å². The number of carbonyl (C=O) groups excluding carboxylic acids is 2. The van der Waals surface area contributed by atoms with Crippen molar-refractivity contribution in [3.63, 3.8) is 0 Å². The summed E-state index contributed by atoms with van der Waals surface area (Å²) in [6.07, 6.45) is 0.352. The Morgan fingerprint density at radius 2 is 1.92 bits per heavy atom. The van der Waals surface area contributed by atoms with Crippen molar-refractivity contribution in [1.82, 2.24) is 10.2 Å². The Morgan fingerprint density at radius 1 is 1.21 bits per heavy atom. The number of nitrogens with one attached hydrogen (secondary N) is 1. The molecule has 0 fully saturated rings. The summed E-state index contributed by atoms with van der Waals surface area (Å²) in [5.74, 6) is -0.171. The van der Waals surface area contributed by atoms with E-state index in [1.807, 2.05) is 43.3 Å². The molecule has 1 heterocycles. The molecular weight excluding hydrogens is 324 g/mol. The summed E-state index contributed by atoms with van der Waals surface area (Å²) < 4.78 is 0. The third kappa shape index (κ3) is 3.29. The SMILES string of the molecule is CCN1C(=O)Cc2ccccc2[C@@H]1C(=O)NCc1ccc(Cl)cc1. The van der Waals surface area contributed by atoms with Crippen LogP contribution in [0.1, 0.15) is 29.7 Å². The summed E-state index contributed by atoms with van der Waals surface area (Å²) in [6, 6.07) is 14.4. The van der Waals surface area contributed by atoms with Crippen molar-refractivity contribution < 1.29 is 9.59 Å². The van der Waals surface area contributed by atoms with Gasteiger partial charge in [0.25, 0.3) is 0 Å². The number of fused-ring (bicyclic) bond motifs is 1. The Labute approximate surface area is 146 Å². The van der Waals surface area contributed by atoms with Gasteiger partial charge in [-0.2, -0.15) is 0 Å². The van der Waals surface area contributed by atoms with Crippen LogP contribution >= 0.6 is 11.6 Å². The topological polar surface area (TPSA) is 49.4 Å². The highest BCUT2D eigenvalue weighted by Gasteiger charge is 2.35. The maximum Gasteiger partial charge on any atom is 0.247 e. The van der Waals surface area contributed by atoms with Crippen LogP contribution in [0.3, 0.4) is 0 Å². The van der Waals surface area contributed by atoms with Crippen molar-refractivity contribution in [2.24, 2.45) is 0 Å². The van der Waals surface area contributed by atoms with Crippen LogP contribution in [0.2, 0.25) is 5.02 Å². The molecule has 0 spiro atoms. The molecule has 4 nitrogen and oxygen atoms in total. The van der Waals surface area contributed by atoms with Crippen LogP contribution in [0.5, 0.6) is 0 Å². The Hall–Kier alpha value is -2.33. The average molecular weight is 343 g/mol. The van der Waals surface area contributed by atoms with Crippen molar-refractivity contribution in [3.05, 3.63) is 70.2 Å². The summed E-state index contributed by atoms with van der Waals surface area (Å²) in [5.41, 5.74) is 2.80. The second kappa shape index (κ2) is 7.05. The van der Waals surface area contributed by atoms with E-state index < -0.39 is 6.04 Å². The van der Waals surface area contributed by atoms with Gasteiger partial charge in [-0.15, -0.1) is 0 Å². The molecule has 0 radical (unpaired) electrons. The maximum absolute atomic E-state index is 12.8. The zero-order chi connectivity index (χ0) is 17.1. The van der Waals surface area contributed by atoms with Gasteiger partial charge in [0.1, 0.15) is 6.04 Å². The Kier molecular flexibility index (Phi) is 4.86. The second-order valence-corrected chi connectivity index (χ2v) is 6.24. The lowest BCUT2D eigenvalue weighted by Gasteiger charge is -2.35. The van der Waals surface area contributed by atoms with Gasteiger partial charge in [-0.1, -0.05) is 48.0 Å². The van der Waals surface area contributed by atoms with Crippen molar-refractivity contribution >= 4 is 23.4 Å². The molecule has 1 atom stereocenters. The van der Waals surface area contributed by atoms with Gasteiger partial charge >= 0.3 is 0 Å². The highest BCUT2D eigenvalue weighted by atomic mass is 35.5. The number of carbonyl (C=O) groups is 2. The number of benzene rings is 2. The van der Waals surface area contributed by atoms with Crippen LogP contribution in [0, 0.1) is 0 Å². The van der Waals surface area contributed by atoms with Gasteiger partial charge in [-0.25, -0.2) is 0 Å². The van der Waals surface area contributed by atoms with E-state index in [4.69, 9.17) is 11.6 Å². The number of rotatable bonds is 4. The van der Waals surface area contributed by atoms with Crippen molar-refractivity contribution in [1.29, 1.82) is 0 Å². The lowest BCUT2D eigenvalue weighted by Crippen LogP contribution is -2.47. The highest BCUT2D eigenvalue weighted by Crippen LogP contribution is 2.30. The molecule has 0 aromatic heterocycles. The summed E-state index contributed by atoms with van der Waals surface area (Å²) in [5, 5.41) is 3.60. The quantitative estimate of drug-likeness (QED) is 0.928. The molecule has 24 heavy (non-hydrogen) atoms. The van der Waals surface area contributed by atoms with Gasteiger partial charge in [-0.05, 0) is 35.7 Å². The zero-order valence-electron chi connectivity index (χ0n) is 13.5. The minimum absolute atomic E-state index is 0.0113. The molecule has 3 rings (SSSR count). The van der Waals surface area contributed by atoms with Crippen LogP contribution in [0.15, 0.2) is 48.5 Å². The van der Waals surface area contributed by atoms with E-state index in [9.17, 15) is 9.59 Å². The first-order valence-corrected chi connectivity index (χ1v) is 8.37. The molecule has 0 saturated heterocycles. The molecule has 0 aliphatic carbocycles.